The standard InChI is InChI=1S/C24H23F4N7O3.ClH/c1-34-7-9-35(10-8-34)14-21(36)32-17-11-15(4-5-19(17)38-24(26,27)28)23(37)33-20-13-30-18(12-31-20)16-3-2-6-29-22(16)25;/h2-6,11-13H,7-10,14H2,1H3,(H,32,36)(H,31,33,37);1H. The zero-order valence-corrected chi connectivity index (χ0v) is 21.4. The Labute approximate surface area is 226 Å². The van der Waals surface area contributed by atoms with Gasteiger partial charge in [-0.3, -0.25) is 19.5 Å². The minimum Gasteiger partial charge on any atom is -0.404 e. The molecule has 10 nitrogen and oxygen atoms in total. The van der Waals surface area contributed by atoms with E-state index in [0.717, 1.165) is 31.3 Å². The molecule has 1 aliphatic heterocycles. The summed E-state index contributed by atoms with van der Waals surface area (Å²) in [6.07, 6.45) is -1.29. The van der Waals surface area contributed by atoms with Gasteiger partial charge in [0.25, 0.3) is 5.91 Å². The molecule has 3 heterocycles. The molecule has 2 aromatic heterocycles. The van der Waals surface area contributed by atoms with Crippen molar-refractivity contribution >= 4 is 35.7 Å². The molecule has 0 aliphatic carbocycles. The number of nitrogens with one attached hydrogen (secondary N) is 2. The summed E-state index contributed by atoms with van der Waals surface area (Å²) >= 11 is 0. The van der Waals surface area contributed by atoms with Crippen LogP contribution in [0.2, 0.25) is 0 Å². The van der Waals surface area contributed by atoms with Crippen LogP contribution in [0.1, 0.15) is 10.4 Å². The Hall–Kier alpha value is -3.88. The highest BCUT2D eigenvalue weighted by Gasteiger charge is 2.32. The lowest BCUT2D eigenvalue weighted by atomic mass is 10.1. The SMILES string of the molecule is CN1CCN(CC(=O)Nc2cc(C(=O)Nc3cnc(-c4cccnc4F)cn3)ccc2OC(F)(F)F)CC1.Cl. The van der Waals surface area contributed by atoms with E-state index >= 15 is 0 Å². The van der Waals surface area contributed by atoms with Crippen molar-refractivity contribution in [3.05, 3.63) is 60.4 Å². The number of benzene rings is 1. The number of pyridine rings is 1. The van der Waals surface area contributed by atoms with Gasteiger partial charge in [0.1, 0.15) is 0 Å². The number of likely N-dealkylation sites (N-methyl/N-ethyl adjacent to an activating group) is 1. The molecule has 0 spiro atoms. The molecule has 2 N–H and O–H groups in total. The second-order valence-electron chi connectivity index (χ2n) is 8.47. The monoisotopic (exact) mass is 569 g/mol. The highest BCUT2D eigenvalue weighted by atomic mass is 35.5. The van der Waals surface area contributed by atoms with Crippen LogP contribution >= 0.6 is 12.4 Å². The Bertz CT molecular complexity index is 1300. The molecule has 15 heteroatoms. The third-order valence-electron chi connectivity index (χ3n) is 5.63. The number of aromatic nitrogens is 3. The molecule has 0 saturated carbocycles. The van der Waals surface area contributed by atoms with E-state index < -0.39 is 29.9 Å². The highest BCUT2D eigenvalue weighted by Crippen LogP contribution is 2.31. The smallest absolute Gasteiger partial charge is 0.404 e. The molecule has 2 amide bonds. The number of anilines is 2. The summed E-state index contributed by atoms with van der Waals surface area (Å²) in [6.45, 7) is 2.74. The molecular weight excluding hydrogens is 546 g/mol. The van der Waals surface area contributed by atoms with Crippen molar-refractivity contribution in [2.24, 2.45) is 0 Å². The van der Waals surface area contributed by atoms with Crippen molar-refractivity contribution in [2.45, 2.75) is 6.36 Å². The summed E-state index contributed by atoms with van der Waals surface area (Å²) in [7, 11) is 1.95. The Morgan fingerprint density at radius 1 is 1.03 bits per heavy atom. The molecule has 3 aromatic rings. The normalized spacial score (nSPS) is 14.3. The fraction of sp³-hybridized carbons (Fsp3) is 0.292. The van der Waals surface area contributed by atoms with E-state index in [2.05, 4.69) is 35.2 Å². The van der Waals surface area contributed by atoms with Crippen LogP contribution in [0, 0.1) is 5.95 Å². The van der Waals surface area contributed by atoms with Crippen molar-refractivity contribution in [2.75, 3.05) is 50.4 Å². The predicted octanol–water partition coefficient (Wildman–Crippen LogP) is 3.44. The summed E-state index contributed by atoms with van der Waals surface area (Å²) in [5.41, 5.74) is -0.0797. The Kier molecular flexibility index (Phi) is 9.72. The number of rotatable bonds is 7. The summed E-state index contributed by atoms with van der Waals surface area (Å²) in [5, 5.41) is 4.87. The zero-order chi connectivity index (χ0) is 27.3. The van der Waals surface area contributed by atoms with Gasteiger partial charge in [0, 0.05) is 37.9 Å². The predicted molar refractivity (Wildman–Crippen MR) is 136 cm³/mol. The second-order valence-corrected chi connectivity index (χ2v) is 8.47. The molecule has 0 radical (unpaired) electrons. The van der Waals surface area contributed by atoms with E-state index in [0.29, 0.717) is 13.1 Å². The summed E-state index contributed by atoms with van der Waals surface area (Å²) in [4.78, 5) is 40.9. The van der Waals surface area contributed by atoms with Crippen LogP contribution in [-0.2, 0) is 4.79 Å². The molecule has 1 aliphatic rings. The lowest BCUT2D eigenvalue weighted by molar-refractivity contribution is -0.274. The van der Waals surface area contributed by atoms with Gasteiger partial charge >= 0.3 is 6.36 Å². The number of nitrogens with zero attached hydrogens (tertiary/aromatic N) is 5. The molecule has 0 unspecified atom stereocenters. The van der Waals surface area contributed by atoms with Gasteiger partial charge < -0.3 is 20.3 Å². The number of hydrogen-bond acceptors (Lipinski definition) is 8. The van der Waals surface area contributed by atoms with E-state index in [4.69, 9.17) is 0 Å². The molecule has 0 atom stereocenters. The Balaban J connectivity index is 0.00000420. The van der Waals surface area contributed by atoms with E-state index in [1.807, 2.05) is 11.9 Å². The number of carbonyl (C=O) groups excluding carboxylic acids is 2. The van der Waals surface area contributed by atoms with Crippen LogP contribution in [0.25, 0.3) is 11.3 Å². The second kappa shape index (κ2) is 12.8. The number of alkyl halides is 3. The van der Waals surface area contributed by atoms with Crippen LogP contribution in [0.4, 0.5) is 29.1 Å². The number of piperazine rings is 1. The van der Waals surface area contributed by atoms with Crippen LogP contribution in [0.3, 0.4) is 0 Å². The average Bonchev–Trinajstić information content (AvgIpc) is 2.86. The molecule has 208 valence electrons. The molecular formula is C24H24ClF4N7O3. The van der Waals surface area contributed by atoms with E-state index in [-0.39, 0.29) is 47.3 Å². The number of hydrogen-bond donors (Lipinski definition) is 2. The first-order valence-corrected chi connectivity index (χ1v) is 11.4. The van der Waals surface area contributed by atoms with Crippen molar-refractivity contribution < 1.29 is 31.9 Å². The first kappa shape index (κ1) is 29.7. The quantitative estimate of drug-likeness (QED) is 0.329. The van der Waals surface area contributed by atoms with Crippen molar-refractivity contribution in [3.8, 4) is 17.0 Å². The first-order valence-electron chi connectivity index (χ1n) is 11.4. The van der Waals surface area contributed by atoms with E-state index in [9.17, 15) is 27.2 Å². The fourth-order valence-corrected chi connectivity index (χ4v) is 3.68. The van der Waals surface area contributed by atoms with E-state index in [1.165, 1.54) is 30.7 Å². The fourth-order valence-electron chi connectivity index (χ4n) is 3.68. The third-order valence-corrected chi connectivity index (χ3v) is 5.63. The molecule has 0 bridgehead atoms. The number of ether oxygens (including phenoxy) is 1. The Morgan fingerprint density at radius 2 is 1.77 bits per heavy atom. The van der Waals surface area contributed by atoms with Gasteiger partial charge in [-0.2, -0.15) is 4.39 Å². The maximum absolute atomic E-state index is 13.9. The zero-order valence-electron chi connectivity index (χ0n) is 20.5. The van der Waals surface area contributed by atoms with Crippen molar-refractivity contribution in [1.29, 1.82) is 0 Å². The lowest BCUT2D eigenvalue weighted by Crippen LogP contribution is -2.47. The maximum Gasteiger partial charge on any atom is 0.573 e. The van der Waals surface area contributed by atoms with Gasteiger partial charge in [0.15, 0.2) is 11.6 Å². The maximum atomic E-state index is 13.9. The van der Waals surface area contributed by atoms with Crippen LogP contribution in [-0.4, -0.2) is 82.7 Å². The van der Waals surface area contributed by atoms with Crippen LogP contribution in [0.5, 0.6) is 5.75 Å². The topological polar surface area (TPSA) is 113 Å². The molecule has 1 saturated heterocycles. The third kappa shape index (κ3) is 8.30. The van der Waals surface area contributed by atoms with Gasteiger partial charge in [-0.15, -0.1) is 25.6 Å². The number of amides is 2. The summed E-state index contributed by atoms with van der Waals surface area (Å²) in [5.74, 6) is -2.67. The van der Waals surface area contributed by atoms with Gasteiger partial charge in [-0.25, -0.2) is 9.97 Å². The van der Waals surface area contributed by atoms with Crippen molar-refractivity contribution in [3.63, 3.8) is 0 Å². The largest absolute Gasteiger partial charge is 0.573 e. The summed E-state index contributed by atoms with van der Waals surface area (Å²) in [6, 6.07) is 6.12. The number of carbonyl (C=O) groups is 2. The highest BCUT2D eigenvalue weighted by molar-refractivity contribution is 6.05. The molecule has 4 rings (SSSR count). The summed E-state index contributed by atoms with van der Waals surface area (Å²) < 4.78 is 56.7. The lowest BCUT2D eigenvalue weighted by Gasteiger charge is -2.31. The average molecular weight is 570 g/mol. The van der Waals surface area contributed by atoms with Gasteiger partial charge in [0.05, 0.1) is 35.9 Å². The first-order chi connectivity index (χ1) is 18.1. The van der Waals surface area contributed by atoms with Crippen LogP contribution < -0.4 is 15.4 Å². The van der Waals surface area contributed by atoms with E-state index in [1.54, 1.807) is 0 Å². The van der Waals surface area contributed by atoms with Gasteiger partial charge in [0.2, 0.25) is 11.9 Å². The minimum atomic E-state index is -5.01. The Morgan fingerprint density at radius 3 is 2.41 bits per heavy atom. The minimum absolute atomic E-state index is 0. The molecule has 1 fully saturated rings. The van der Waals surface area contributed by atoms with Crippen molar-refractivity contribution in [1.82, 2.24) is 24.8 Å². The molecule has 1 aromatic carbocycles. The van der Waals surface area contributed by atoms with Crippen LogP contribution in [0.15, 0.2) is 48.9 Å². The number of halogens is 5. The van der Waals surface area contributed by atoms with Gasteiger partial charge in [-0.1, -0.05) is 0 Å². The van der Waals surface area contributed by atoms with Gasteiger partial charge in [-0.05, 0) is 37.4 Å². The molecule has 39 heavy (non-hydrogen) atoms.